The van der Waals surface area contributed by atoms with Crippen molar-refractivity contribution < 1.29 is 14.2 Å². The van der Waals surface area contributed by atoms with Crippen LogP contribution in [0.15, 0.2) is 24.3 Å². The van der Waals surface area contributed by atoms with Crippen LogP contribution in [0.3, 0.4) is 0 Å². The fraction of sp³-hybridized carbons (Fsp3) is 0.571. The van der Waals surface area contributed by atoms with Gasteiger partial charge in [0.05, 0.1) is 6.10 Å². The van der Waals surface area contributed by atoms with Gasteiger partial charge in [0.25, 0.3) is 0 Å². The number of hydrogen-bond acceptors (Lipinski definition) is 3. The largest absolute Gasteiger partial charge is 0.387 e. The Labute approximate surface area is 108 Å². The molecule has 0 aromatic heterocycles. The summed E-state index contributed by atoms with van der Waals surface area (Å²) in [5, 5.41) is 12.9. The van der Waals surface area contributed by atoms with Crippen LogP contribution in [0.2, 0.25) is 0 Å². The van der Waals surface area contributed by atoms with E-state index in [0.717, 1.165) is 32.4 Å². The quantitative estimate of drug-likeness (QED) is 0.665. The standard InChI is InChI=1S/C14H22FNO2/c1-18-10-6-2-5-9-16-11-14(17)12-7-3-4-8-13(12)15/h3-4,7-8,14,16-17H,2,5-6,9-11H2,1H3. The second-order valence-electron chi connectivity index (χ2n) is 4.29. The molecule has 0 aliphatic heterocycles. The maximum Gasteiger partial charge on any atom is 0.129 e. The van der Waals surface area contributed by atoms with E-state index >= 15 is 0 Å². The van der Waals surface area contributed by atoms with Gasteiger partial charge in [-0.25, -0.2) is 4.39 Å². The third-order valence-corrected chi connectivity index (χ3v) is 2.80. The first-order valence-electron chi connectivity index (χ1n) is 6.38. The Bertz CT molecular complexity index is 333. The van der Waals surface area contributed by atoms with Gasteiger partial charge in [-0.15, -0.1) is 0 Å². The highest BCUT2D eigenvalue weighted by Crippen LogP contribution is 2.15. The molecule has 0 saturated carbocycles. The Kier molecular flexibility index (Phi) is 7.57. The van der Waals surface area contributed by atoms with E-state index in [-0.39, 0.29) is 5.82 Å². The molecule has 0 fully saturated rings. The minimum Gasteiger partial charge on any atom is -0.387 e. The first-order valence-corrected chi connectivity index (χ1v) is 6.38. The number of rotatable bonds is 9. The molecule has 0 aliphatic carbocycles. The lowest BCUT2D eigenvalue weighted by Gasteiger charge is -2.12. The molecule has 18 heavy (non-hydrogen) atoms. The lowest BCUT2D eigenvalue weighted by atomic mass is 10.1. The van der Waals surface area contributed by atoms with E-state index in [2.05, 4.69) is 5.32 Å². The first kappa shape index (κ1) is 15.1. The summed E-state index contributed by atoms with van der Waals surface area (Å²) in [6.07, 6.45) is 2.39. The molecule has 3 nitrogen and oxygen atoms in total. The molecule has 4 heteroatoms. The van der Waals surface area contributed by atoms with Gasteiger partial charge in [0, 0.05) is 25.8 Å². The number of methoxy groups -OCH3 is 1. The number of nitrogens with one attached hydrogen (secondary N) is 1. The summed E-state index contributed by atoms with van der Waals surface area (Å²) >= 11 is 0. The summed E-state index contributed by atoms with van der Waals surface area (Å²) in [6, 6.07) is 6.32. The highest BCUT2D eigenvalue weighted by molar-refractivity contribution is 5.19. The van der Waals surface area contributed by atoms with Crippen LogP contribution in [0.25, 0.3) is 0 Å². The molecule has 1 atom stereocenters. The van der Waals surface area contributed by atoms with Gasteiger partial charge in [-0.2, -0.15) is 0 Å². The van der Waals surface area contributed by atoms with Gasteiger partial charge in [-0.1, -0.05) is 18.2 Å². The first-order chi connectivity index (χ1) is 8.75. The zero-order valence-corrected chi connectivity index (χ0v) is 10.9. The van der Waals surface area contributed by atoms with Gasteiger partial charge in [0.15, 0.2) is 0 Å². The minimum absolute atomic E-state index is 0.351. The van der Waals surface area contributed by atoms with E-state index in [4.69, 9.17) is 4.74 Å². The number of aliphatic hydroxyl groups is 1. The van der Waals surface area contributed by atoms with Crippen molar-refractivity contribution in [3.63, 3.8) is 0 Å². The number of aliphatic hydroxyl groups excluding tert-OH is 1. The Morgan fingerprint density at radius 3 is 2.78 bits per heavy atom. The van der Waals surface area contributed by atoms with Crippen molar-refractivity contribution in [2.75, 3.05) is 26.8 Å². The average Bonchev–Trinajstić information content (AvgIpc) is 2.38. The van der Waals surface area contributed by atoms with E-state index in [1.807, 2.05) is 0 Å². The van der Waals surface area contributed by atoms with Crippen molar-refractivity contribution in [2.45, 2.75) is 25.4 Å². The maximum atomic E-state index is 13.4. The van der Waals surface area contributed by atoms with Crippen LogP contribution in [-0.2, 0) is 4.74 Å². The zero-order valence-electron chi connectivity index (χ0n) is 10.9. The maximum absolute atomic E-state index is 13.4. The summed E-state index contributed by atoms with van der Waals surface area (Å²) in [4.78, 5) is 0. The Balaban J connectivity index is 2.14. The van der Waals surface area contributed by atoms with E-state index in [1.165, 1.54) is 6.07 Å². The fourth-order valence-corrected chi connectivity index (χ4v) is 1.77. The molecular formula is C14H22FNO2. The zero-order chi connectivity index (χ0) is 13.2. The van der Waals surface area contributed by atoms with Crippen LogP contribution in [0.5, 0.6) is 0 Å². The molecule has 1 unspecified atom stereocenters. The normalized spacial score (nSPS) is 12.6. The van der Waals surface area contributed by atoms with E-state index in [9.17, 15) is 9.50 Å². The van der Waals surface area contributed by atoms with E-state index in [1.54, 1.807) is 25.3 Å². The number of benzene rings is 1. The summed E-state index contributed by atoms with van der Waals surface area (Å²) in [5.41, 5.74) is 0.351. The lowest BCUT2D eigenvalue weighted by molar-refractivity contribution is 0.169. The molecule has 0 radical (unpaired) electrons. The van der Waals surface area contributed by atoms with Crippen molar-refractivity contribution in [2.24, 2.45) is 0 Å². The molecule has 2 N–H and O–H groups in total. The SMILES string of the molecule is COCCCCCNCC(O)c1ccccc1F. The highest BCUT2D eigenvalue weighted by atomic mass is 19.1. The molecule has 102 valence electrons. The van der Waals surface area contributed by atoms with Crippen LogP contribution < -0.4 is 5.32 Å². The number of unbranched alkanes of at least 4 members (excludes halogenated alkanes) is 2. The van der Waals surface area contributed by atoms with Crippen LogP contribution in [0.4, 0.5) is 4.39 Å². The summed E-state index contributed by atoms with van der Waals surface area (Å²) < 4.78 is 18.3. The monoisotopic (exact) mass is 255 g/mol. The van der Waals surface area contributed by atoms with Crippen LogP contribution >= 0.6 is 0 Å². The molecule has 0 heterocycles. The molecule has 1 aromatic carbocycles. The predicted molar refractivity (Wildman–Crippen MR) is 70.0 cm³/mol. The topological polar surface area (TPSA) is 41.5 Å². The molecular weight excluding hydrogens is 233 g/mol. The smallest absolute Gasteiger partial charge is 0.129 e. The third kappa shape index (κ3) is 5.58. The number of hydrogen-bond donors (Lipinski definition) is 2. The Hall–Kier alpha value is -0.970. The summed E-state index contributed by atoms with van der Waals surface area (Å²) in [6.45, 7) is 2.00. The Morgan fingerprint density at radius 1 is 1.28 bits per heavy atom. The van der Waals surface area contributed by atoms with Gasteiger partial charge in [0.1, 0.15) is 5.82 Å². The van der Waals surface area contributed by atoms with Crippen molar-refractivity contribution in [1.29, 1.82) is 0 Å². The fourth-order valence-electron chi connectivity index (χ4n) is 1.77. The van der Waals surface area contributed by atoms with Crippen molar-refractivity contribution in [3.05, 3.63) is 35.6 Å². The molecule has 0 amide bonds. The minimum atomic E-state index is -0.787. The van der Waals surface area contributed by atoms with Crippen molar-refractivity contribution in [3.8, 4) is 0 Å². The van der Waals surface area contributed by atoms with Crippen molar-refractivity contribution in [1.82, 2.24) is 5.32 Å². The summed E-state index contributed by atoms with van der Waals surface area (Å²) in [5.74, 6) is -0.355. The van der Waals surface area contributed by atoms with Crippen LogP contribution in [-0.4, -0.2) is 31.9 Å². The highest BCUT2D eigenvalue weighted by Gasteiger charge is 2.10. The third-order valence-electron chi connectivity index (χ3n) is 2.80. The second-order valence-corrected chi connectivity index (χ2v) is 4.29. The average molecular weight is 255 g/mol. The van der Waals surface area contributed by atoms with Crippen LogP contribution in [0, 0.1) is 5.82 Å². The number of ether oxygens (including phenoxy) is 1. The molecule has 1 rings (SSSR count). The second kappa shape index (κ2) is 9.03. The molecule has 1 aromatic rings. The van der Waals surface area contributed by atoms with Crippen molar-refractivity contribution >= 4 is 0 Å². The lowest BCUT2D eigenvalue weighted by Crippen LogP contribution is -2.23. The van der Waals surface area contributed by atoms with Gasteiger partial charge in [-0.05, 0) is 31.9 Å². The van der Waals surface area contributed by atoms with Gasteiger partial charge < -0.3 is 15.2 Å². The number of halogens is 1. The molecule has 0 bridgehead atoms. The van der Waals surface area contributed by atoms with E-state index in [0.29, 0.717) is 12.1 Å². The predicted octanol–water partition coefficient (Wildman–Crippen LogP) is 2.27. The van der Waals surface area contributed by atoms with Crippen LogP contribution in [0.1, 0.15) is 30.9 Å². The van der Waals surface area contributed by atoms with E-state index < -0.39 is 6.10 Å². The van der Waals surface area contributed by atoms with Gasteiger partial charge >= 0.3 is 0 Å². The molecule has 0 saturated heterocycles. The Morgan fingerprint density at radius 2 is 2.06 bits per heavy atom. The molecule has 0 spiro atoms. The van der Waals surface area contributed by atoms with Gasteiger partial charge in [-0.3, -0.25) is 0 Å². The van der Waals surface area contributed by atoms with Gasteiger partial charge in [0.2, 0.25) is 0 Å². The summed E-state index contributed by atoms with van der Waals surface area (Å²) in [7, 11) is 1.70. The molecule has 0 aliphatic rings.